The Morgan fingerprint density at radius 2 is 2.42 bits per heavy atom. The maximum atomic E-state index is 12.1. The second-order valence-corrected chi connectivity index (χ2v) is 3.94. The van der Waals surface area contributed by atoms with Gasteiger partial charge in [-0.3, -0.25) is 4.39 Å². The Labute approximate surface area is 73.3 Å². The Hall–Kier alpha value is -0.400. The van der Waals surface area contributed by atoms with Gasteiger partial charge in [0.2, 0.25) is 0 Å². The molecule has 0 spiro atoms. The van der Waals surface area contributed by atoms with E-state index in [1.807, 2.05) is 0 Å². The fourth-order valence-electron chi connectivity index (χ4n) is 2.20. The highest BCUT2D eigenvalue weighted by atomic mass is 19.1. The lowest BCUT2D eigenvalue weighted by Crippen LogP contribution is -2.19. The van der Waals surface area contributed by atoms with E-state index in [0.717, 1.165) is 32.0 Å². The summed E-state index contributed by atoms with van der Waals surface area (Å²) in [5.74, 6) is 0.654. The van der Waals surface area contributed by atoms with Gasteiger partial charge in [0.15, 0.2) is 0 Å². The summed E-state index contributed by atoms with van der Waals surface area (Å²) >= 11 is 0. The maximum Gasteiger partial charge on any atom is 0.126 e. The van der Waals surface area contributed by atoms with Crippen molar-refractivity contribution in [2.75, 3.05) is 6.67 Å². The third-order valence-electron chi connectivity index (χ3n) is 3.17. The van der Waals surface area contributed by atoms with Gasteiger partial charge in [-0.2, -0.15) is 0 Å². The minimum absolute atomic E-state index is 0.296. The Morgan fingerprint density at radius 1 is 1.67 bits per heavy atom. The fourth-order valence-corrected chi connectivity index (χ4v) is 2.20. The summed E-state index contributed by atoms with van der Waals surface area (Å²) in [6, 6.07) is 0. The second kappa shape index (κ2) is 4.01. The molecular weight excluding hydrogens is 155 g/mol. The van der Waals surface area contributed by atoms with Gasteiger partial charge in [-0.25, -0.2) is 0 Å². The fraction of sp³-hybridized carbons (Fsp3) is 0.900. The van der Waals surface area contributed by atoms with Crippen LogP contribution >= 0.6 is 0 Å². The minimum Gasteiger partial charge on any atom is -0.303 e. The Morgan fingerprint density at radius 3 is 2.83 bits per heavy atom. The van der Waals surface area contributed by atoms with E-state index in [-0.39, 0.29) is 12.1 Å². The van der Waals surface area contributed by atoms with E-state index in [1.165, 1.54) is 0 Å². The summed E-state index contributed by atoms with van der Waals surface area (Å²) < 4.78 is 12.1. The van der Waals surface area contributed by atoms with Crippen LogP contribution in [0.25, 0.3) is 0 Å². The summed E-state index contributed by atoms with van der Waals surface area (Å²) in [6.45, 7) is 1.79. The zero-order valence-electron chi connectivity index (χ0n) is 7.68. The summed E-state index contributed by atoms with van der Waals surface area (Å²) in [4.78, 5) is 10.8. The number of hydrogen-bond acceptors (Lipinski definition) is 1. The van der Waals surface area contributed by atoms with Crippen molar-refractivity contribution in [2.45, 2.75) is 39.0 Å². The molecule has 70 valence electrons. The molecule has 0 N–H and O–H groups in total. The van der Waals surface area contributed by atoms with Crippen molar-refractivity contribution in [2.24, 2.45) is 11.3 Å². The first kappa shape index (κ1) is 9.69. The van der Waals surface area contributed by atoms with Gasteiger partial charge < -0.3 is 4.79 Å². The molecule has 0 saturated heterocycles. The number of rotatable bonds is 4. The van der Waals surface area contributed by atoms with Gasteiger partial charge in [0, 0.05) is 5.41 Å². The molecule has 2 heteroatoms. The standard InChI is InChI=1S/C10H17FO/c1-2-9-3-4-10(7-9,8-12)5-6-11/h8-9H,2-7H2,1H3. The van der Waals surface area contributed by atoms with Crippen LogP contribution in [0.15, 0.2) is 0 Å². The lowest BCUT2D eigenvalue weighted by molar-refractivity contribution is -0.116. The first-order chi connectivity index (χ1) is 5.76. The zero-order chi connectivity index (χ0) is 9.03. The molecular formula is C10H17FO. The van der Waals surface area contributed by atoms with Crippen LogP contribution in [0.4, 0.5) is 4.39 Å². The van der Waals surface area contributed by atoms with Crippen molar-refractivity contribution in [1.29, 1.82) is 0 Å². The molecule has 1 saturated carbocycles. The van der Waals surface area contributed by atoms with Crippen molar-refractivity contribution in [3.05, 3.63) is 0 Å². The van der Waals surface area contributed by atoms with Crippen molar-refractivity contribution in [3.8, 4) is 0 Å². The van der Waals surface area contributed by atoms with Crippen LogP contribution in [0.2, 0.25) is 0 Å². The van der Waals surface area contributed by atoms with Gasteiger partial charge in [0.25, 0.3) is 0 Å². The van der Waals surface area contributed by atoms with Gasteiger partial charge in [-0.15, -0.1) is 0 Å². The molecule has 0 aromatic carbocycles. The molecule has 1 nitrogen and oxygen atoms in total. The number of hydrogen-bond donors (Lipinski definition) is 0. The van der Waals surface area contributed by atoms with E-state index in [2.05, 4.69) is 6.92 Å². The highest BCUT2D eigenvalue weighted by Gasteiger charge is 2.37. The summed E-state index contributed by atoms with van der Waals surface area (Å²) in [5.41, 5.74) is -0.296. The predicted octanol–water partition coefficient (Wildman–Crippen LogP) is 2.74. The largest absolute Gasteiger partial charge is 0.303 e. The second-order valence-electron chi connectivity index (χ2n) is 3.94. The molecule has 2 unspecified atom stereocenters. The number of halogens is 1. The molecule has 0 radical (unpaired) electrons. The smallest absolute Gasteiger partial charge is 0.126 e. The molecule has 12 heavy (non-hydrogen) atoms. The Bertz CT molecular complexity index is 158. The normalized spacial score (nSPS) is 35.3. The summed E-state index contributed by atoms with van der Waals surface area (Å²) in [6.07, 6.45) is 5.47. The van der Waals surface area contributed by atoms with E-state index in [0.29, 0.717) is 12.3 Å². The molecule has 0 aromatic rings. The van der Waals surface area contributed by atoms with Crippen LogP contribution in [-0.2, 0) is 4.79 Å². The molecule has 2 atom stereocenters. The van der Waals surface area contributed by atoms with E-state index in [4.69, 9.17) is 0 Å². The summed E-state index contributed by atoms with van der Waals surface area (Å²) in [7, 11) is 0. The molecule has 0 heterocycles. The number of aldehydes is 1. The van der Waals surface area contributed by atoms with Gasteiger partial charge in [0.05, 0.1) is 6.67 Å². The van der Waals surface area contributed by atoms with Crippen molar-refractivity contribution in [3.63, 3.8) is 0 Å². The first-order valence-electron chi connectivity index (χ1n) is 4.78. The predicted molar refractivity (Wildman–Crippen MR) is 46.7 cm³/mol. The van der Waals surface area contributed by atoms with Crippen molar-refractivity contribution in [1.82, 2.24) is 0 Å². The lowest BCUT2D eigenvalue weighted by Gasteiger charge is -2.20. The third-order valence-corrected chi connectivity index (χ3v) is 3.17. The van der Waals surface area contributed by atoms with Gasteiger partial charge in [-0.1, -0.05) is 13.3 Å². The zero-order valence-corrected chi connectivity index (χ0v) is 7.68. The molecule has 0 aliphatic heterocycles. The van der Waals surface area contributed by atoms with Crippen LogP contribution in [0.5, 0.6) is 0 Å². The van der Waals surface area contributed by atoms with Crippen molar-refractivity contribution >= 4 is 6.29 Å². The Balaban J connectivity index is 2.52. The van der Waals surface area contributed by atoms with Gasteiger partial charge in [-0.05, 0) is 31.6 Å². The van der Waals surface area contributed by atoms with Crippen LogP contribution in [0, 0.1) is 11.3 Å². The van der Waals surface area contributed by atoms with E-state index < -0.39 is 0 Å². The third kappa shape index (κ3) is 1.85. The van der Waals surface area contributed by atoms with E-state index >= 15 is 0 Å². The first-order valence-corrected chi connectivity index (χ1v) is 4.78. The molecule has 1 rings (SSSR count). The Kier molecular flexibility index (Phi) is 3.24. The highest BCUT2D eigenvalue weighted by Crippen LogP contribution is 2.43. The van der Waals surface area contributed by atoms with Crippen LogP contribution in [-0.4, -0.2) is 13.0 Å². The molecule has 0 amide bonds. The number of alkyl halides is 1. The molecule has 1 aliphatic rings. The summed E-state index contributed by atoms with van der Waals surface area (Å²) in [5, 5.41) is 0. The monoisotopic (exact) mass is 172 g/mol. The molecule has 0 aromatic heterocycles. The van der Waals surface area contributed by atoms with Crippen LogP contribution < -0.4 is 0 Å². The molecule has 1 aliphatic carbocycles. The van der Waals surface area contributed by atoms with E-state index in [9.17, 15) is 9.18 Å². The molecule has 1 fully saturated rings. The van der Waals surface area contributed by atoms with Crippen LogP contribution in [0.3, 0.4) is 0 Å². The lowest BCUT2D eigenvalue weighted by atomic mass is 9.84. The van der Waals surface area contributed by atoms with Crippen molar-refractivity contribution < 1.29 is 9.18 Å². The average Bonchev–Trinajstić information content (AvgIpc) is 2.50. The van der Waals surface area contributed by atoms with Gasteiger partial charge in [0.1, 0.15) is 6.29 Å². The van der Waals surface area contributed by atoms with Crippen LogP contribution in [0.1, 0.15) is 39.0 Å². The topological polar surface area (TPSA) is 17.1 Å². The molecule has 0 bridgehead atoms. The maximum absolute atomic E-state index is 12.1. The highest BCUT2D eigenvalue weighted by molar-refractivity contribution is 5.60. The van der Waals surface area contributed by atoms with E-state index in [1.54, 1.807) is 0 Å². The SMILES string of the molecule is CCC1CCC(C=O)(CCF)C1. The number of carbonyl (C=O) groups excluding carboxylic acids is 1. The van der Waals surface area contributed by atoms with Gasteiger partial charge >= 0.3 is 0 Å². The number of carbonyl (C=O) groups is 1. The quantitative estimate of drug-likeness (QED) is 0.596. The average molecular weight is 172 g/mol. The minimum atomic E-state index is -0.352.